The molecule has 4 rings (SSSR count). The molecular weight excluding hydrogens is 406 g/mol. The number of fused-ring (bicyclic) bond motifs is 1. The lowest BCUT2D eigenvalue weighted by atomic mass is 9.71. The van der Waals surface area contributed by atoms with E-state index in [9.17, 15) is 9.59 Å². The van der Waals surface area contributed by atoms with E-state index in [1.165, 1.54) is 5.56 Å². The van der Waals surface area contributed by atoms with Crippen molar-refractivity contribution in [3.63, 3.8) is 0 Å². The molecule has 1 aliphatic carbocycles. The van der Waals surface area contributed by atoms with Crippen molar-refractivity contribution >= 4 is 36.7 Å². The molecule has 1 saturated carbocycles. The predicted molar refractivity (Wildman–Crippen MR) is 126 cm³/mol. The van der Waals surface area contributed by atoms with Crippen LogP contribution in [0.4, 0.5) is 10.5 Å². The molecule has 1 aromatic heterocycles. The fraction of sp³-hybridized carbons (Fsp3) is 0.542. The van der Waals surface area contributed by atoms with Gasteiger partial charge in [-0.15, -0.1) is 0 Å². The molecule has 2 fully saturated rings. The van der Waals surface area contributed by atoms with Crippen LogP contribution in [0.5, 0.6) is 0 Å². The first-order valence-electron chi connectivity index (χ1n) is 11.2. The van der Waals surface area contributed by atoms with Crippen molar-refractivity contribution in [2.75, 3.05) is 18.1 Å². The average molecular weight is 440 g/mol. The van der Waals surface area contributed by atoms with Gasteiger partial charge in [-0.05, 0) is 48.4 Å². The van der Waals surface area contributed by atoms with Crippen molar-refractivity contribution in [3.05, 3.63) is 36.2 Å². The maximum atomic E-state index is 12.4. The molecule has 0 bridgehead atoms. The van der Waals surface area contributed by atoms with Crippen molar-refractivity contribution in [1.29, 1.82) is 0 Å². The number of aromatic nitrogens is 1. The molecule has 1 N–H and O–H groups in total. The number of pyridine rings is 1. The molecule has 0 unspecified atom stereocenters. The summed E-state index contributed by atoms with van der Waals surface area (Å²) in [6.07, 6.45) is 6.17. The van der Waals surface area contributed by atoms with E-state index in [4.69, 9.17) is 4.43 Å². The van der Waals surface area contributed by atoms with Gasteiger partial charge in [0.15, 0.2) is 8.32 Å². The number of anilines is 1. The molecule has 31 heavy (non-hydrogen) atoms. The number of rotatable bonds is 5. The molecule has 2 aliphatic rings. The zero-order chi connectivity index (χ0) is 22.4. The van der Waals surface area contributed by atoms with E-state index >= 15 is 0 Å². The van der Waals surface area contributed by atoms with Crippen molar-refractivity contribution in [3.8, 4) is 0 Å². The van der Waals surface area contributed by atoms with E-state index < -0.39 is 8.32 Å². The summed E-state index contributed by atoms with van der Waals surface area (Å²) in [6, 6.07) is 5.91. The number of carbonyl (C=O) groups is 2. The van der Waals surface area contributed by atoms with Gasteiger partial charge < -0.3 is 4.43 Å². The topological polar surface area (TPSA) is 71.5 Å². The van der Waals surface area contributed by atoms with Crippen LogP contribution < -0.4 is 10.2 Å². The summed E-state index contributed by atoms with van der Waals surface area (Å²) in [5, 5.41) is 4.75. The van der Waals surface area contributed by atoms with Crippen molar-refractivity contribution < 1.29 is 14.0 Å². The molecule has 166 valence electrons. The highest BCUT2D eigenvalue weighted by Crippen LogP contribution is 2.46. The Morgan fingerprint density at radius 3 is 2.58 bits per heavy atom. The first-order valence-corrected chi connectivity index (χ1v) is 14.1. The molecular formula is C24H33N3O3Si. The largest absolute Gasteiger partial charge is 0.417 e. The third-order valence-corrected chi connectivity index (χ3v) is 11.8. The smallest absolute Gasteiger partial charge is 0.328 e. The zero-order valence-electron chi connectivity index (χ0n) is 19.2. The third kappa shape index (κ3) is 4.26. The van der Waals surface area contributed by atoms with Crippen LogP contribution in [-0.4, -0.2) is 38.4 Å². The maximum Gasteiger partial charge on any atom is 0.328 e. The second-order valence-electron chi connectivity index (χ2n) is 10.5. The van der Waals surface area contributed by atoms with Gasteiger partial charge in [-0.25, -0.2) is 4.79 Å². The lowest BCUT2D eigenvalue weighted by Gasteiger charge is -2.41. The number of nitrogens with zero attached hydrogens (tertiary/aromatic N) is 2. The van der Waals surface area contributed by atoms with Crippen LogP contribution in [0.15, 0.2) is 30.6 Å². The standard InChI is InChI=1S/C24H33N3O3Si/c1-24(2,3)31(4,5)30-15-16-11-17(12-16)18-7-6-8-19-20(18)13-25-14-21(19)27-10-9-22(28)26-23(27)29/h6-8,13-14,16-17H,9-12,15H2,1-5H3,(H,26,28,29)/t16-,17+. The molecule has 0 spiro atoms. The summed E-state index contributed by atoms with van der Waals surface area (Å²) in [4.78, 5) is 29.9. The average Bonchev–Trinajstić information content (AvgIpc) is 2.65. The van der Waals surface area contributed by atoms with Crippen molar-refractivity contribution in [2.45, 2.75) is 64.1 Å². The quantitative estimate of drug-likeness (QED) is 0.650. The summed E-state index contributed by atoms with van der Waals surface area (Å²) in [6.45, 7) is 12.7. The SMILES string of the molecule is CC(C)(C)[Si](C)(C)OC[C@H]1C[C@@H](c2cccc3c(N4CCC(=O)NC4=O)cncc32)C1. The monoisotopic (exact) mass is 439 g/mol. The molecule has 2 aromatic rings. The Morgan fingerprint density at radius 1 is 1.16 bits per heavy atom. The Morgan fingerprint density at radius 2 is 1.90 bits per heavy atom. The normalized spacial score (nSPS) is 22.4. The number of imide groups is 1. The fourth-order valence-electron chi connectivity index (χ4n) is 4.24. The molecule has 1 aliphatic heterocycles. The molecule has 0 atom stereocenters. The lowest BCUT2D eigenvalue weighted by molar-refractivity contribution is -0.120. The summed E-state index contributed by atoms with van der Waals surface area (Å²) in [7, 11) is -1.71. The highest BCUT2D eigenvalue weighted by molar-refractivity contribution is 6.74. The van der Waals surface area contributed by atoms with Crippen LogP contribution in [0.25, 0.3) is 10.8 Å². The van der Waals surface area contributed by atoms with E-state index in [0.717, 1.165) is 35.9 Å². The number of carbonyl (C=O) groups excluding carboxylic acids is 2. The predicted octanol–water partition coefficient (Wildman–Crippen LogP) is 5.20. The Hall–Kier alpha value is -2.25. The molecule has 3 amide bonds. The number of urea groups is 1. The Kier molecular flexibility index (Phi) is 5.68. The van der Waals surface area contributed by atoms with Gasteiger partial charge in [-0.1, -0.05) is 39.0 Å². The minimum Gasteiger partial charge on any atom is -0.417 e. The van der Waals surface area contributed by atoms with Crippen LogP contribution in [0.3, 0.4) is 0 Å². The van der Waals surface area contributed by atoms with Gasteiger partial charge in [0.25, 0.3) is 0 Å². The number of amides is 3. The summed E-state index contributed by atoms with van der Waals surface area (Å²) < 4.78 is 6.44. The highest BCUT2D eigenvalue weighted by Gasteiger charge is 2.39. The molecule has 7 heteroatoms. The van der Waals surface area contributed by atoms with Gasteiger partial charge in [0.05, 0.1) is 11.9 Å². The van der Waals surface area contributed by atoms with Crippen LogP contribution in [0, 0.1) is 5.92 Å². The van der Waals surface area contributed by atoms with Crippen LogP contribution in [-0.2, 0) is 9.22 Å². The number of nitrogens with one attached hydrogen (secondary N) is 1. The van der Waals surface area contributed by atoms with E-state index in [2.05, 4.69) is 56.3 Å². The number of hydrogen-bond acceptors (Lipinski definition) is 4. The van der Waals surface area contributed by atoms with E-state index in [1.54, 1.807) is 11.1 Å². The van der Waals surface area contributed by atoms with Crippen molar-refractivity contribution in [2.24, 2.45) is 5.92 Å². The zero-order valence-corrected chi connectivity index (χ0v) is 20.2. The number of hydrogen-bond donors (Lipinski definition) is 1. The number of benzene rings is 1. The van der Waals surface area contributed by atoms with Gasteiger partial charge in [0, 0.05) is 36.5 Å². The first-order chi connectivity index (χ1) is 14.6. The fourth-order valence-corrected chi connectivity index (χ4v) is 5.32. The summed E-state index contributed by atoms with van der Waals surface area (Å²) in [5.41, 5.74) is 2.06. The van der Waals surface area contributed by atoms with E-state index in [0.29, 0.717) is 24.8 Å². The second-order valence-corrected chi connectivity index (χ2v) is 15.3. The van der Waals surface area contributed by atoms with Crippen LogP contribution in [0.2, 0.25) is 18.1 Å². The molecule has 6 nitrogen and oxygen atoms in total. The molecule has 1 aromatic carbocycles. The highest BCUT2D eigenvalue weighted by atomic mass is 28.4. The minimum absolute atomic E-state index is 0.226. The van der Waals surface area contributed by atoms with Gasteiger partial charge >= 0.3 is 6.03 Å². The van der Waals surface area contributed by atoms with E-state index in [1.807, 2.05) is 12.3 Å². The first kappa shape index (κ1) is 22.0. The lowest BCUT2D eigenvalue weighted by Crippen LogP contribution is -2.49. The van der Waals surface area contributed by atoms with Gasteiger partial charge in [0.1, 0.15) is 0 Å². The Balaban J connectivity index is 1.49. The molecule has 1 saturated heterocycles. The second kappa shape index (κ2) is 8.02. The van der Waals surface area contributed by atoms with Crippen molar-refractivity contribution in [1.82, 2.24) is 10.3 Å². The van der Waals surface area contributed by atoms with Crippen LogP contribution in [0.1, 0.15) is 51.5 Å². The van der Waals surface area contributed by atoms with Gasteiger partial charge in [-0.2, -0.15) is 0 Å². The Labute approximate surface area is 185 Å². The van der Waals surface area contributed by atoms with Gasteiger partial charge in [-0.3, -0.25) is 20.0 Å². The van der Waals surface area contributed by atoms with Gasteiger partial charge in [0.2, 0.25) is 5.91 Å². The summed E-state index contributed by atoms with van der Waals surface area (Å²) in [5.74, 6) is 0.866. The minimum atomic E-state index is -1.71. The Bertz CT molecular complexity index is 1010. The summed E-state index contributed by atoms with van der Waals surface area (Å²) >= 11 is 0. The molecule has 2 heterocycles. The molecule has 0 radical (unpaired) electrons. The maximum absolute atomic E-state index is 12.4. The van der Waals surface area contributed by atoms with E-state index in [-0.39, 0.29) is 17.0 Å². The van der Waals surface area contributed by atoms with Crippen LogP contribution >= 0.6 is 0 Å². The third-order valence-electron chi connectivity index (χ3n) is 7.32.